The van der Waals surface area contributed by atoms with Gasteiger partial charge in [0, 0.05) is 25.2 Å². The predicted molar refractivity (Wildman–Crippen MR) is 64.0 cm³/mol. The zero-order valence-corrected chi connectivity index (χ0v) is 9.63. The minimum atomic E-state index is 0.139. The summed E-state index contributed by atoms with van der Waals surface area (Å²) in [7, 11) is 2.04. The van der Waals surface area contributed by atoms with E-state index in [0.29, 0.717) is 11.6 Å². The summed E-state index contributed by atoms with van der Waals surface area (Å²) in [5.74, 6) is 1.11. The quantitative estimate of drug-likeness (QED) is 0.819. The fourth-order valence-electron chi connectivity index (χ4n) is 1.73. The second-order valence-electron chi connectivity index (χ2n) is 4.21. The van der Waals surface area contributed by atoms with Crippen LogP contribution in [0.3, 0.4) is 0 Å². The molecule has 2 rings (SSSR count). The molecule has 4 nitrogen and oxygen atoms in total. The Morgan fingerprint density at radius 2 is 2.38 bits per heavy atom. The van der Waals surface area contributed by atoms with Crippen molar-refractivity contribution in [3.05, 3.63) is 30.7 Å². The molecule has 0 amide bonds. The summed E-state index contributed by atoms with van der Waals surface area (Å²) in [5.41, 5.74) is 6.39. The summed E-state index contributed by atoms with van der Waals surface area (Å²) in [4.78, 5) is 6.06. The van der Waals surface area contributed by atoms with Crippen molar-refractivity contribution in [2.75, 3.05) is 19.3 Å². The standard InChI is InChI=1S/C12H17N3O/c1-9-4-6-15(2)8-12(9)16-11-3-5-14-7-10(11)13/h3-7,9,12H,8,13H2,1-2H3/t9?,12-/m0/s1. The van der Waals surface area contributed by atoms with Gasteiger partial charge in [-0.3, -0.25) is 4.98 Å². The Morgan fingerprint density at radius 3 is 3.12 bits per heavy atom. The van der Waals surface area contributed by atoms with E-state index in [4.69, 9.17) is 10.5 Å². The molecule has 4 heteroatoms. The Labute approximate surface area is 95.7 Å². The maximum Gasteiger partial charge on any atom is 0.145 e. The SMILES string of the molecule is CC1C=CN(C)C[C@@H]1Oc1ccncc1N. The largest absolute Gasteiger partial charge is 0.486 e. The molecule has 1 aromatic rings. The van der Waals surface area contributed by atoms with Crippen LogP contribution < -0.4 is 10.5 Å². The van der Waals surface area contributed by atoms with Crippen LogP contribution in [0.5, 0.6) is 5.75 Å². The lowest BCUT2D eigenvalue weighted by Crippen LogP contribution is -2.38. The molecule has 0 fully saturated rings. The summed E-state index contributed by atoms with van der Waals surface area (Å²) in [6.07, 6.45) is 7.67. The number of rotatable bonds is 2. The molecule has 86 valence electrons. The van der Waals surface area contributed by atoms with Gasteiger partial charge in [-0.1, -0.05) is 13.0 Å². The molecule has 0 aliphatic carbocycles. The number of nitrogens with two attached hydrogens (primary N) is 1. The van der Waals surface area contributed by atoms with Crippen molar-refractivity contribution < 1.29 is 4.74 Å². The summed E-state index contributed by atoms with van der Waals surface area (Å²) < 4.78 is 5.91. The van der Waals surface area contributed by atoms with Crippen LogP contribution in [0.15, 0.2) is 30.7 Å². The van der Waals surface area contributed by atoms with Gasteiger partial charge in [-0.05, 0) is 6.20 Å². The smallest absolute Gasteiger partial charge is 0.145 e. The number of ether oxygens (including phenoxy) is 1. The summed E-state index contributed by atoms with van der Waals surface area (Å²) >= 11 is 0. The van der Waals surface area contributed by atoms with Crippen LogP contribution in [-0.4, -0.2) is 29.6 Å². The van der Waals surface area contributed by atoms with Crippen molar-refractivity contribution in [3.8, 4) is 5.75 Å². The van der Waals surface area contributed by atoms with Crippen LogP contribution in [0.25, 0.3) is 0 Å². The minimum absolute atomic E-state index is 0.139. The molecule has 2 heterocycles. The topological polar surface area (TPSA) is 51.4 Å². The van der Waals surface area contributed by atoms with Gasteiger partial charge in [0.05, 0.1) is 18.4 Å². The second-order valence-corrected chi connectivity index (χ2v) is 4.21. The highest BCUT2D eigenvalue weighted by atomic mass is 16.5. The van der Waals surface area contributed by atoms with Crippen molar-refractivity contribution in [2.24, 2.45) is 5.92 Å². The van der Waals surface area contributed by atoms with Crippen LogP contribution in [0.4, 0.5) is 5.69 Å². The summed E-state index contributed by atoms with van der Waals surface area (Å²) in [6, 6.07) is 1.81. The number of nitrogens with zero attached hydrogens (tertiary/aromatic N) is 2. The van der Waals surface area contributed by atoms with Gasteiger partial charge in [-0.15, -0.1) is 0 Å². The van der Waals surface area contributed by atoms with Gasteiger partial charge in [0.15, 0.2) is 0 Å². The first kappa shape index (κ1) is 10.8. The fourth-order valence-corrected chi connectivity index (χ4v) is 1.73. The Morgan fingerprint density at radius 1 is 1.56 bits per heavy atom. The number of aromatic nitrogens is 1. The molecule has 2 N–H and O–H groups in total. The van der Waals surface area contributed by atoms with Crippen molar-refractivity contribution >= 4 is 5.69 Å². The fraction of sp³-hybridized carbons (Fsp3) is 0.417. The average molecular weight is 219 g/mol. The maximum atomic E-state index is 5.91. The van der Waals surface area contributed by atoms with Crippen molar-refractivity contribution in [2.45, 2.75) is 13.0 Å². The zero-order chi connectivity index (χ0) is 11.5. The summed E-state index contributed by atoms with van der Waals surface area (Å²) in [6.45, 7) is 3.02. The first-order chi connectivity index (χ1) is 7.66. The lowest BCUT2D eigenvalue weighted by atomic mass is 10.0. The van der Waals surface area contributed by atoms with Gasteiger partial charge in [-0.2, -0.15) is 0 Å². The van der Waals surface area contributed by atoms with Crippen LogP contribution >= 0.6 is 0 Å². The first-order valence-corrected chi connectivity index (χ1v) is 5.41. The van der Waals surface area contributed by atoms with E-state index in [1.807, 2.05) is 7.05 Å². The van der Waals surface area contributed by atoms with Crippen molar-refractivity contribution in [1.82, 2.24) is 9.88 Å². The van der Waals surface area contributed by atoms with Crippen molar-refractivity contribution in [1.29, 1.82) is 0 Å². The molecule has 16 heavy (non-hydrogen) atoms. The maximum absolute atomic E-state index is 5.91. The Kier molecular flexibility index (Phi) is 2.99. The molecule has 2 atom stereocenters. The third-order valence-electron chi connectivity index (χ3n) is 2.79. The molecule has 1 aliphatic rings. The van der Waals surface area contributed by atoms with Gasteiger partial charge < -0.3 is 15.4 Å². The predicted octanol–water partition coefficient (Wildman–Crippen LogP) is 1.51. The van der Waals surface area contributed by atoms with Crippen LogP contribution in [-0.2, 0) is 0 Å². The van der Waals surface area contributed by atoms with Crippen LogP contribution in [0.1, 0.15) is 6.92 Å². The van der Waals surface area contributed by atoms with E-state index >= 15 is 0 Å². The first-order valence-electron chi connectivity index (χ1n) is 5.41. The van der Waals surface area contributed by atoms with E-state index < -0.39 is 0 Å². The number of hydrogen-bond acceptors (Lipinski definition) is 4. The number of hydrogen-bond donors (Lipinski definition) is 1. The molecule has 0 bridgehead atoms. The molecular weight excluding hydrogens is 202 g/mol. The highest BCUT2D eigenvalue weighted by Gasteiger charge is 2.22. The van der Waals surface area contributed by atoms with Gasteiger partial charge in [0.1, 0.15) is 11.9 Å². The molecule has 1 aliphatic heterocycles. The molecule has 0 saturated carbocycles. The monoisotopic (exact) mass is 219 g/mol. The number of pyridine rings is 1. The Bertz CT molecular complexity index is 392. The highest BCUT2D eigenvalue weighted by Crippen LogP contribution is 2.24. The van der Waals surface area contributed by atoms with E-state index in [1.165, 1.54) is 0 Å². The third-order valence-corrected chi connectivity index (χ3v) is 2.79. The van der Waals surface area contributed by atoms with E-state index in [-0.39, 0.29) is 6.10 Å². The lowest BCUT2D eigenvalue weighted by molar-refractivity contribution is 0.124. The Balaban J connectivity index is 2.10. The zero-order valence-electron chi connectivity index (χ0n) is 9.63. The summed E-state index contributed by atoms with van der Waals surface area (Å²) in [5, 5.41) is 0. The van der Waals surface area contributed by atoms with Gasteiger partial charge in [-0.25, -0.2) is 0 Å². The molecule has 0 radical (unpaired) electrons. The van der Waals surface area contributed by atoms with E-state index in [2.05, 4.69) is 29.1 Å². The third kappa shape index (κ3) is 2.27. The molecule has 0 saturated heterocycles. The van der Waals surface area contributed by atoms with Crippen LogP contribution in [0.2, 0.25) is 0 Å². The number of anilines is 1. The second kappa shape index (κ2) is 4.43. The number of likely N-dealkylation sites (N-methyl/N-ethyl adjacent to an activating group) is 1. The van der Waals surface area contributed by atoms with Gasteiger partial charge >= 0.3 is 0 Å². The lowest BCUT2D eigenvalue weighted by Gasteiger charge is -2.31. The molecule has 1 unspecified atom stereocenters. The normalized spacial score (nSPS) is 24.5. The van der Waals surface area contributed by atoms with E-state index in [9.17, 15) is 0 Å². The van der Waals surface area contributed by atoms with E-state index in [1.54, 1.807) is 18.5 Å². The molecule has 0 spiro atoms. The van der Waals surface area contributed by atoms with Gasteiger partial charge in [0.25, 0.3) is 0 Å². The minimum Gasteiger partial charge on any atom is -0.486 e. The number of nitrogen functional groups attached to an aromatic ring is 1. The Hall–Kier alpha value is -1.71. The molecule has 0 aromatic carbocycles. The van der Waals surface area contributed by atoms with Crippen molar-refractivity contribution in [3.63, 3.8) is 0 Å². The van der Waals surface area contributed by atoms with E-state index in [0.717, 1.165) is 12.3 Å². The van der Waals surface area contributed by atoms with Crippen LogP contribution in [0, 0.1) is 5.92 Å². The molecular formula is C12H17N3O. The highest BCUT2D eigenvalue weighted by molar-refractivity contribution is 5.49. The van der Waals surface area contributed by atoms with Gasteiger partial charge in [0.2, 0.25) is 0 Å². The molecule has 1 aromatic heterocycles. The average Bonchev–Trinajstić information content (AvgIpc) is 2.27.